The summed E-state index contributed by atoms with van der Waals surface area (Å²) in [4.78, 5) is 12.7. The van der Waals surface area contributed by atoms with Gasteiger partial charge in [0, 0.05) is 30.8 Å². The van der Waals surface area contributed by atoms with Crippen LogP contribution in [-0.4, -0.2) is 35.0 Å². The van der Waals surface area contributed by atoms with E-state index in [1.807, 2.05) is 12.1 Å². The lowest BCUT2D eigenvalue weighted by atomic mass is 10.0. The molecule has 110 valence electrons. The molecule has 1 aromatic carbocycles. The third-order valence-corrected chi connectivity index (χ3v) is 4.00. The Kier molecular flexibility index (Phi) is 5.09. The molecule has 5 heteroatoms. The van der Waals surface area contributed by atoms with Crippen LogP contribution in [0.1, 0.15) is 32.3 Å². The van der Waals surface area contributed by atoms with E-state index in [2.05, 4.69) is 24.1 Å². The van der Waals surface area contributed by atoms with Crippen LogP contribution in [0.5, 0.6) is 0 Å². The molecule has 0 spiro atoms. The topological polar surface area (TPSA) is 58.4 Å². The molecule has 0 radical (unpaired) electrons. The number of hydrogen-bond acceptors (Lipinski definition) is 4. The molecule has 0 unspecified atom stereocenters. The zero-order valence-corrected chi connectivity index (χ0v) is 12.2. The molecule has 0 saturated carbocycles. The minimum atomic E-state index is -0.362. The van der Waals surface area contributed by atoms with Crippen LogP contribution in [-0.2, 0) is 6.54 Å². The van der Waals surface area contributed by atoms with Gasteiger partial charge in [0.05, 0.1) is 4.92 Å². The van der Waals surface area contributed by atoms with Gasteiger partial charge in [-0.15, -0.1) is 0 Å². The van der Waals surface area contributed by atoms with E-state index < -0.39 is 0 Å². The van der Waals surface area contributed by atoms with E-state index in [1.165, 1.54) is 12.8 Å². The van der Waals surface area contributed by atoms with E-state index >= 15 is 0 Å². The fourth-order valence-corrected chi connectivity index (χ4v) is 2.62. The number of likely N-dealkylation sites (tertiary alicyclic amines) is 1. The lowest BCUT2D eigenvalue weighted by Crippen LogP contribution is -2.44. The van der Waals surface area contributed by atoms with Crippen molar-refractivity contribution in [2.45, 2.75) is 45.3 Å². The Hall–Kier alpha value is -1.46. The van der Waals surface area contributed by atoms with E-state index in [4.69, 9.17) is 0 Å². The second-order valence-corrected chi connectivity index (χ2v) is 5.71. The number of piperidine rings is 1. The van der Waals surface area contributed by atoms with E-state index in [1.54, 1.807) is 12.1 Å². The fourth-order valence-electron chi connectivity index (χ4n) is 2.62. The van der Waals surface area contributed by atoms with Crippen LogP contribution >= 0.6 is 0 Å². The van der Waals surface area contributed by atoms with Crippen molar-refractivity contribution in [1.29, 1.82) is 0 Å². The Labute approximate surface area is 120 Å². The molecule has 1 N–H and O–H groups in total. The van der Waals surface area contributed by atoms with Gasteiger partial charge in [0.25, 0.3) is 5.69 Å². The summed E-state index contributed by atoms with van der Waals surface area (Å²) in [6.07, 6.45) is 2.34. The number of non-ortho nitro benzene ring substituents is 1. The first-order chi connectivity index (χ1) is 9.56. The Morgan fingerprint density at radius 2 is 1.90 bits per heavy atom. The summed E-state index contributed by atoms with van der Waals surface area (Å²) in [7, 11) is 0. The van der Waals surface area contributed by atoms with Crippen molar-refractivity contribution in [2.24, 2.45) is 0 Å². The van der Waals surface area contributed by atoms with Crippen molar-refractivity contribution in [3.8, 4) is 0 Å². The molecule has 20 heavy (non-hydrogen) atoms. The van der Waals surface area contributed by atoms with Gasteiger partial charge in [-0.2, -0.15) is 0 Å². The van der Waals surface area contributed by atoms with Crippen molar-refractivity contribution in [3.05, 3.63) is 39.9 Å². The van der Waals surface area contributed by atoms with E-state index in [9.17, 15) is 10.1 Å². The Morgan fingerprint density at radius 1 is 1.30 bits per heavy atom. The van der Waals surface area contributed by atoms with Crippen LogP contribution in [0.4, 0.5) is 5.69 Å². The quantitative estimate of drug-likeness (QED) is 0.664. The van der Waals surface area contributed by atoms with Gasteiger partial charge < -0.3 is 10.2 Å². The molecule has 0 aromatic heterocycles. The van der Waals surface area contributed by atoms with Crippen LogP contribution in [0.2, 0.25) is 0 Å². The predicted molar refractivity (Wildman–Crippen MR) is 79.7 cm³/mol. The molecule has 1 saturated heterocycles. The van der Waals surface area contributed by atoms with Crippen LogP contribution in [0, 0.1) is 10.1 Å². The van der Waals surface area contributed by atoms with Gasteiger partial charge in [-0.25, -0.2) is 0 Å². The molecule has 1 aliphatic rings. The predicted octanol–water partition coefficient (Wildman–Crippen LogP) is 2.56. The summed E-state index contributed by atoms with van der Waals surface area (Å²) in [6.45, 7) is 7.56. The lowest BCUT2D eigenvalue weighted by molar-refractivity contribution is -0.384. The third-order valence-electron chi connectivity index (χ3n) is 4.00. The molecule has 5 nitrogen and oxygen atoms in total. The molecule has 1 aliphatic heterocycles. The summed E-state index contributed by atoms with van der Waals surface area (Å²) in [6, 6.07) is 7.98. The van der Waals surface area contributed by atoms with Gasteiger partial charge in [0.2, 0.25) is 0 Å². The molecular weight excluding hydrogens is 254 g/mol. The van der Waals surface area contributed by atoms with Crippen LogP contribution in [0.3, 0.4) is 0 Å². The molecule has 0 aliphatic carbocycles. The number of benzene rings is 1. The maximum absolute atomic E-state index is 10.6. The minimum Gasteiger partial charge on any atom is -0.310 e. The van der Waals surface area contributed by atoms with Crippen LogP contribution in [0.15, 0.2) is 24.3 Å². The minimum absolute atomic E-state index is 0.152. The molecule has 2 rings (SSSR count). The zero-order chi connectivity index (χ0) is 14.5. The van der Waals surface area contributed by atoms with Crippen LogP contribution < -0.4 is 5.32 Å². The normalized spacial score (nSPS) is 17.6. The number of nitrogens with one attached hydrogen (secondary N) is 1. The Balaban J connectivity index is 1.77. The van der Waals surface area contributed by atoms with Crippen molar-refractivity contribution in [3.63, 3.8) is 0 Å². The number of nitro benzene ring substituents is 1. The first-order valence-electron chi connectivity index (χ1n) is 7.27. The maximum Gasteiger partial charge on any atom is 0.269 e. The Morgan fingerprint density at radius 3 is 2.40 bits per heavy atom. The largest absolute Gasteiger partial charge is 0.310 e. The summed E-state index contributed by atoms with van der Waals surface area (Å²) in [5.41, 5.74) is 1.25. The number of rotatable bonds is 5. The van der Waals surface area contributed by atoms with Crippen molar-refractivity contribution >= 4 is 5.69 Å². The standard InChI is InChI=1S/C15H23N3O2/c1-12(2)17-9-7-14(8-10-17)16-11-13-3-5-15(6-4-13)18(19)20/h3-6,12,14,16H,7-11H2,1-2H3. The summed E-state index contributed by atoms with van der Waals surface area (Å²) < 4.78 is 0. The number of nitro groups is 1. The van der Waals surface area contributed by atoms with Crippen molar-refractivity contribution in [1.82, 2.24) is 10.2 Å². The molecule has 0 amide bonds. The summed E-state index contributed by atoms with van der Waals surface area (Å²) in [5, 5.41) is 14.1. The van der Waals surface area contributed by atoms with Gasteiger partial charge in [0.1, 0.15) is 0 Å². The molecule has 1 aromatic rings. The summed E-state index contributed by atoms with van der Waals surface area (Å²) >= 11 is 0. The fraction of sp³-hybridized carbons (Fsp3) is 0.600. The molecule has 1 heterocycles. The van der Waals surface area contributed by atoms with Gasteiger partial charge in [0.15, 0.2) is 0 Å². The van der Waals surface area contributed by atoms with Crippen molar-refractivity contribution < 1.29 is 4.92 Å². The first kappa shape index (κ1) is 14.9. The molecule has 1 fully saturated rings. The van der Waals surface area contributed by atoms with Crippen LogP contribution in [0.25, 0.3) is 0 Å². The Bertz CT molecular complexity index is 437. The number of nitrogens with zero attached hydrogens (tertiary/aromatic N) is 2. The molecular formula is C15H23N3O2. The van der Waals surface area contributed by atoms with Crippen molar-refractivity contribution in [2.75, 3.05) is 13.1 Å². The summed E-state index contributed by atoms with van der Waals surface area (Å²) in [5.74, 6) is 0. The van der Waals surface area contributed by atoms with E-state index in [-0.39, 0.29) is 10.6 Å². The van der Waals surface area contributed by atoms with E-state index in [0.717, 1.165) is 25.2 Å². The monoisotopic (exact) mass is 277 g/mol. The lowest BCUT2D eigenvalue weighted by Gasteiger charge is -2.35. The van der Waals surface area contributed by atoms with Gasteiger partial charge in [-0.1, -0.05) is 12.1 Å². The van der Waals surface area contributed by atoms with Gasteiger partial charge in [-0.3, -0.25) is 10.1 Å². The second-order valence-electron chi connectivity index (χ2n) is 5.71. The first-order valence-corrected chi connectivity index (χ1v) is 7.27. The average Bonchev–Trinajstić information content (AvgIpc) is 2.46. The zero-order valence-electron chi connectivity index (χ0n) is 12.2. The molecule has 0 bridgehead atoms. The highest BCUT2D eigenvalue weighted by atomic mass is 16.6. The van der Waals surface area contributed by atoms with E-state index in [0.29, 0.717) is 12.1 Å². The highest BCUT2D eigenvalue weighted by molar-refractivity contribution is 5.32. The SMILES string of the molecule is CC(C)N1CCC(NCc2ccc([N+](=O)[O-])cc2)CC1. The maximum atomic E-state index is 10.6. The highest BCUT2D eigenvalue weighted by Crippen LogP contribution is 2.15. The number of hydrogen-bond donors (Lipinski definition) is 1. The van der Waals surface area contributed by atoms with Gasteiger partial charge >= 0.3 is 0 Å². The average molecular weight is 277 g/mol. The smallest absolute Gasteiger partial charge is 0.269 e. The third kappa shape index (κ3) is 4.02. The van der Waals surface area contributed by atoms with Gasteiger partial charge in [-0.05, 0) is 45.3 Å². The second kappa shape index (κ2) is 6.81. The highest BCUT2D eigenvalue weighted by Gasteiger charge is 2.20. The molecule has 0 atom stereocenters.